The molecule has 1 aliphatic carbocycles. The SMILES string of the molecule is CC1CCCC1CNC1CN(C(=O)OC(C)(C)C)C1. The largest absolute Gasteiger partial charge is 0.444 e. The van der Waals surface area contributed by atoms with Gasteiger partial charge >= 0.3 is 6.09 Å². The summed E-state index contributed by atoms with van der Waals surface area (Å²) in [4.78, 5) is 13.6. The summed E-state index contributed by atoms with van der Waals surface area (Å²) in [6.07, 6.45) is 3.93. The van der Waals surface area contributed by atoms with Crippen molar-refractivity contribution in [2.24, 2.45) is 11.8 Å². The zero-order chi connectivity index (χ0) is 14.0. The highest BCUT2D eigenvalue weighted by atomic mass is 16.6. The van der Waals surface area contributed by atoms with Crippen molar-refractivity contribution in [1.29, 1.82) is 0 Å². The number of rotatable bonds is 3. The molecule has 2 fully saturated rings. The van der Waals surface area contributed by atoms with Crippen LogP contribution in [0.1, 0.15) is 47.0 Å². The van der Waals surface area contributed by atoms with Gasteiger partial charge in [0.1, 0.15) is 5.60 Å². The number of amides is 1. The van der Waals surface area contributed by atoms with Crippen molar-refractivity contribution in [2.45, 2.75) is 58.6 Å². The minimum atomic E-state index is -0.394. The summed E-state index contributed by atoms with van der Waals surface area (Å²) in [6.45, 7) is 10.7. The fourth-order valence-electron chi connectivity index (χ4n) is 2.93. The van der Waals surface area contributed by atoms with Gasteiger partial charge in [0.05, 0.1) is 0 Å². The van der Waals surface area contributed by atoms with E-state index in [1.54, 1.807) is 4.90 Å². The lowest BCUT2D eigenvalue weighted by Crippen LogP contribution is -2.61. The molecule has 4 nitrogen and oxygen atoms in total. The van der Waals surface area contributed by atoms with Gasteiger partial charge in [-0.2, -0.15) is 0 Å². The molecule has 0 aromatic carbocycles. The van der Waals surface area contributed by atoms with E-state index in [0.717, 1.165) is 31.5 Å². The monoisotopic (exact) mass is 268 g/mol. The summed E-state index contributed by atoms with van der Waals surface area (Å²) in [5, 5.41) is 3.59. The molecule has 2 rings (SSSR count). The Balaban J connectivity index is 1.62. The molecule has 2 unspecified atom stereocenters. The van der Waals surface area contributed by atoms with Gasteiger partial charge in [0, 0.05) is 19.1 Å². The summed E-state index contributed by atoms with van der Waals surface area (Å²) in [6, 6.07) is 0.459. The van der Waals surface area contributed by atoms with E-state index in [2.05, 4.69) is 12.2 Å². The van der Waals surface area contributed by atoms with Gasteiger partial charge in [-0.25, -0.2) is 4.79 Å². The first-order valence-electron chi connectivity index (χ1n) is 7.56. The summed E-state index contributed by atoms with van der Waals surface area (Å²) in [5.41, 5.74) is -0.394. The summed E-state index contributed by atoms with van der Waals surface area (Å²) >= 11 is 0. The Labute approximate surface area is 116 Å². The number of likely N-dealkylation sites (tertiary alicyclic amines) is 1. The molecule has 1 saturated heterocycles. The first-order chi connectivity index (χ1) is 8.85. The molecule has 110 valence electrons. The molecular formula is C15H28N2O2. The number of hydrogen-bond acceptors (Lipinski definition) is 3. The highest BCUT2D eigenvalue weighted by molar-refractivity contribution is 5.69. The summed E-state index contributed by atoms with van der Waals surface area (Å²) in [7, 11) is 0. The van der Waals surface area contributed by atoms with Gasteiger partial charge in [-0.3, -0.25) is 0 Å². The second-order valence-corrected chi connectivity index (χ2v) is 7.16. The number of carbonyl (C=O) groups excluding carboxylic acids is 1. The van der Waals surface area contributed by atoms with Crippen LogP contribution in [-0.4, -0.2) is 42.3 Å². The van der Waals surface area contributed by atoms with Gasteiger partial charge in [-0.05, 0) is 45.6 Å². The molecule has 0 bridgehead atoms. The van der Waals surface area contributed by atoms with Gasteiger partial charge in [0.25, 0.3) is 0 Å². The second-order valence-electron chi connectivity index (χ2n) is 7.16. The maximum Gasteiger partial charge on any atom is 0.410 e. The normalized spacial score (nSPS) is 28.3. The topological polar surface area (TPSA) is 41.6 Å². The first kappa shape index (κ1) is 14.6. The van der Waals surface area contributed by atoms with Gasteiger partial charge in [0.2, 0.25) is 0 Å². The maximum atomic E-state index is 11.8. The molecule has 1 amide bonds. The molecule has 0 aromatic rings. The van der Waals surface area contributed by atoms with E-state index in [9.17, 15) is 4.79 Å². The Bertz CT molecular complexity index is 319. The van der Waals surface area contributed by atoms with Crippen LogP contribution in [0, 0.1) is 11.8 Å². The van der Waals surface area contributed by atoms with Crippen molar-refractivity contribution in [1.82, 2.24) is 10.2 Å². The predicted molar refractivity (Wildman–Crippen MR) is 76.1 cm³/mol. The lowest BCUT2D eigenvalue weighted by Gasteiger charge is -2.40. The minimum Gasteiger partial charge on any atom is -0.444 e. The van der Waals surface area contributed by atoms with E-state index in [4.69, 9.17) is 4.74 Å². The Hall–Kier alpha value is -0.770. The molecule has 1 N–H and O–H groups in total. The molecule has 2 aliphatic rings. The van der Waals surface area contributed by atoms with Crippen LogP contribution in [0.5, 0.6) is 0 Å². The Morgan fingerprint density at radius 1 is 1.32 bits per heavy atom. The minimum absolute atomic E-state index is 0.181. The number of hydrogen-bond donors (Lipinski definition) is 1. The lowest BCUT2D eigenvalue weighted by molar-refractivity contribution is 0.00489. The molecule has 0 spiro atoms. The van der Waals surface area contributed by atoms with Gasteiger partial charge in [-0.1, -0.05) is 19.8 Å². The van der Waals surface area contributed by atoms with E-state index in [-0.39, 0.29) is 6.09 Å². The number of ether oxygens (including phenoxy) is 1. The Kier molecular flexibility index (Phi) is 4.39. The van der Waals surface area contributed by atoms with E-state index in [0.29, 0.717) is 6.04 Å². The number of nitrogens with one attached hydrogen (secondary N) is 1. The van der Waals surface area contributed by atoms with Crippen molar-refractivity contribution in [2.75, 3.05) is 19.6 Å². The Morgan fingerprint density at radius 2 is 2.00 bits per heavy atom. The molecule has 1 saturated carbocycles. The standard InChI is InChI=1S/C15H28N2O2/c1-11-6-5-7-12(11)8-16-13-9-17(10-13)14(18)19-15(2,3)4/h11-13,16H,5-10H2,1-4H3. The van der Waals surface area contributed by atoms with Crippen LogP contribution in [0.15, 0.2) is 0 Å². The lowest BCUT2D eigenvalue weighted by atomic mass is 9.97. The van der Waals surface area contributed by atoms with Crippen molar-refractivity contribution in [3.05, 3.63) is 0 Å². The molecule has 0 radical (unpaired) electrons. The van der Waals surface area contributed by atoms with Crippen LogP contribution < -0.4 is 5.32 Å². The van der Waals surface area contributed by atoms with Crippen molar-refractivity contribution >= 4 is 6.09 Å². The average Bonchev–Trinajstić information content (AvgIpc) is 2.59. The smallest absolute Gasteiger partial charge is 0.410 e. The highest BCUT2D eigenvalue weighted by Gasteiger charge is 2.34. The zero-order valence-electron chi connectivity index (χ0n) is 12.7. The van der Waals surface area contributed by atoms with Crippen molar-refractivity contribution < 1.29 is 9.53 Å². The molecular weight excluding hydrogens is 240 g/mol. The first-order valence-corrected chi connectivity index (χ1v) is 7.56. The van der Waals surface area contributed by atoms with Gasteiger partial charge < -0.3 is 15.0 Å². The van der Waals surface area contributed by atoms with Crippen LogP contribution in [0.25, 0.3) is 0 Å². The molecule has 19 heavy (non-hydrogen) atoms. The molecule has 0 aromatic heterocycles. The molecule has 4 heteroatoms. The van der Waals surface area contributed by atoms with Gasteiger partial charge in [0.15, 0.2) is 0 Å². The summed E-state index contributed by atoms with van der Waals surface area (Å²) in [5.74, 6) is 1.69. The fourth-order valence-corrected chi connectivity index (χ4v) is 2.93. The van der Waals surface area contributed by atoms with Gasteiger partial charge in [-0.15, -0.1) is 0 Å². The average molecular weight is 268 g/mol. The number of nitrogens with zero attached hydrogens (tertiary/aromatic N) is 1. The number of carbonyl (C=O) groups is 1. The fraction of sp³-hybridized carbons (Fsp3) is 0.933. The molecule has 1 heterocycles. The van der Waals surface area contributed by atoms with Crippen LogP contribution >= 0.6 is 0 Å². The quantitative estimate of drug-likeness (QED) is 0.855. The van der Waals surface area contributed by atoms with Crippen molar-refractivity contribution in [3.63, 3.8) is 0 Å². The van der Waals surface area contributed by atoms with Crippen LogP contribution in [0.4, 0.5) is 4.79 Å². The maximum absolute atomic E-state index is 11.8. The Morgan fingerprint density at radius 3 is 2.53 bits per heavy atom. The molecule has 2 atom stereocenters. The third-order valence-electron chi connectivity index (χ3n) is 4.24. The second kappa shape index (κ2) is 5.70. The van der Waals surface area contributed by atoms with E-state index in [1.165, 1.54) is 19.3 Å². The van der Waals surface area contributed by atoms with Crippen LogP contribution in [0.3, 0.4) is 0 Å². The van der Waals surface area contributed by atoms with Crippen LogP contribution in [0.2, 0.25) is 0 Å². The predicted octanol–water partition coefficient (Wildman–Crippen LogP) is 2.63. The van der Waals surface area contributed by atoms with E-state index >= 15 is 0 Å². The summed E-state index contributed by atoms with van der Waals surface area (Å²) < 4.78 is 5.34. The highest BCUT2D eigenvalue weighted by Crippen LogP contribution is 2.30. The third-order valence-corrected chi connectivity index (χ3v) is 4.24. The molecule has 1 aliphatic heterocycles. The van der Waals surface area contributed by atoms with E-state index < -0.39 is 5.60 Å². The zero-order valence-corrected chi connectivity index (χ0v) is 12.7. The third kappa shape index (κ3) is 4.10. The van der Waals surface area contributed by atoms with Crippen molar-refractivity contribution in [3.8, 4) is 0 Å². The van der Waals surface area contributed by atoms with E-state index in [1.807, 2.05) is 20.8 Å². The van der Waals surface area contributed by atoms with Crippen LogP contribution in [-0.2, 0) is 4.74 Å².